The highest BCUT2D eigenvalue weighted by molar-refractivity contribution is 7.89. The summed E-state index contributed by atoms with van der Waals surface area (Å²) in [5, 5.41) is 0.575. The molecule has 3 rings (SSSR count). The van der Waals surface area contributed by atoms with E-state index in [2.05, 4.69) is 4.72 Å². The first kappa shape index (κ1) is 25.2. The van der Waals surface area contributed by atoms with Crippen LogP contribution in [0.25, 0.3) is 0 Å². The number of amides is 1. The lowest BCUT2D eigenvalue weighted by atomic mass is 10.0. The monoisotopic (exact) mass is 493 g/mol. The Kier molecular flexibility index (Phi) is 8.12. The highest BCUT2D eigenvalue weighted by Gasteiger charge is 2.33. The van der Waals surface area contributed by atoms with E-state index in [-0.39, 0.29) is 23.3 Å². The smallest absolute Gasteiger partial charge is 0.327 e. The number of nitrogens with one attached hydrogen (secondary N) is 1. The van der Waals surface area contributed by atoms with Crippen LogP contribution >= 0.6 is 11.6 Å². The van der Waals surface area contributed by atoms with E-state index in [4.69, 9.17) is 16.3 Å². The van der Waals surface area contributed by atoms with Crippen LogP contribution in [0.15, 0.2) is 47.4 Å². The van der Waals surface area contributed by atoms with Gasteiger partial charge in [-0.25, -0.2) is 17.9 Å². The molecular formula is C23H28ClN3O5S. The summed E-state index contributed by atoms with van der Waals surface area (Å²) < 4.78 is 32.2. The summed E-state index contributed by atoms with van der Waals surface area (Å²) in [5.41, 5.74) is 1.82. The van der Waals surface area contributed by atoms with Crippen molar-refractivity contribution in [3.05, 3.63) is 64.2 Å². The Morgan fingerprint density at radius 1 is 1.09 bits per heavy atom. The van der Waals surface area contributed by atoms with Gasteiger partial charge in [-0.1, -0.05) is 36.7 Å². The second-order valence-electron chi connectivity index (χ2n) is 7.78. The topological polar surface area (TPSA) is 96.0 Å². The van der Waals surface area contributed by atoms with Crippen molar-refractivity contribution in [2.75, 3.05) is 39.8 Å². The Hall–Kier alpha value is -2.46. The fourth-order valence-electron chi connectivity index (χ4n) is 3.88. The molecule has 1 heterocycles. The average molecular weight is 494 g/mol. The molecule has 2 aromatic rings. The van der Waals surface area contributed by atoms with Crippen LogP contribution < -0.4 is 4.72 Å². The predicted molar refractivity (Wildman–Crippen MR) is 126 cm³/mol. The highest BCUT2D eigenvalue weighted by Crippen LogP contribution is 2.26. The number of carbonyl (C=O) groups is 2. The average Bonchev–Trinajstić information content (AvgIpc) is 2.80. The molecule has 0 aliphatic carbocycles. The maximum atomic E-state index is 13.2. The third kappa shape index (κ3) is 5.73. The Labute approximate surface area is 199 Å². The molecular weight excluding hydrogens is 466 g/mol. The summed E-state index contributed by atoms with van der Waals surface area (Å²) in [6.45, 7) is 5.44. The van der Waals surface area contributed by atoms with Crippen LogP contribution in [0.5, 0.6) is 0 Å². The van der Waals surface area contributed by atoms with Gasteiger partial charge in [0, 0.05) is 43.3 Å². The Balaban J connectivity index is 1.77. The van der Waals surface area contributed by atoms with Gasteiger partial charge < -0.3 is 9.64 Å². The van der Waals surface area contributed by atoms with Crippen molar-refractivity contribution < 1.29 is 22.7 Å². The molecule has 33 heavy (non-hydrogen) atoms. The lowest BCUT2D eigenvalue weighted by molar-refractivity contribution is -0.148. The molecule has 1 fully saturated rings. The number of sulfonamides is 1. The molecule has 1 aliphatic heterocycles. The summed E-state index contributed by atoms with van der Waals surface area (Å²) in [6.07, 6.45) is 0. The van der Waals surface area contributed by atoms with Gasteiger partial charge in [0.05, 0.1) is 12.0 Å². The van der Waals surface area contributed by atoms with E-state index in [1.807, 2.05) is 4.90 Å². The van der Waals surface area contributed by atoms with Crippen molar-refractivity contribution in [1.82, 2.24) is 14.5 Å². The summed E-state index contributed by atoms with van der Waals surface area (Å²) >= 11 is 5.98. The van der Waals surface area contributed by atoms with Gasteiger partial charge >= 0.3 is 5.97 Å². The number of carbonyl (C=O) groups excluding carboxylic acids is 2. The number of methoxy groups -OCH3 is 1. The first-order valence-electron chi connectivity index (χ1n) is 10.6. The van der Waals surface area contributed by atoms with E-state index in [1.54, 1.807) is 49.1 Å². The van der Waals surface area contributed by atoms with E-state index in [0.717, 1.165) is 5.56 Å². The fourth-order valence-corrected chi connectivity index (χ4v) is 5.07. The molecule has 1 N–H and O–H groups in total. The summed E-state index contributed by atoms with van der Waals surface area (Å²) in [4.78, 5) is 29.5. The molecule has 0 spiro atoms. The van der Waals surface area contributed by atoms with Gasteiger partial charge in [-0.3, -0.25) is 9.69 Å². The van der Waals surface area contributed by atoms with Crippen LogP contribution in [0, 0.1) is 6.92 Å². The quantitative estimate of drug-likeness (QED) is 0.596. The Morgan fingerprint density at radius 2 is 1.73 bits per heavy atom. The third-order valence-electron chi connectivity index (χ3n) is 5.66. The van der Waals surface area contributed by atoms with Gasteiger partial charge in [-0.15, -0.1) is 0 Å². The van der Waals surface area contributed by atoms with Crippen LogP contribution in [0.4, 0.5) is 0 Å². The minimum Gasteiger partial charge on any atom is -0.468 e. The van der Waals surface area contributed by atoms with Crippen molar-refractivity contribution in [2.24, 2.45) is 0 Å². The predicted octanol–water partition coefficient (Wildman–Crippen LogP) is 2.62. The maximum absolute atomic E-state index is 13.2. The first-order valence-corrected chi connectivity index (χ1v) is 12.5. The first-order chi connectivity index (χ1) is 15.7. The summed E-state index contributed by atoms with van der Waals surface area (Å²) in [7, 11) is -2.32. The van der Waals surface area contributed by atoms with Crippen LogP contribution in [0.3, 0.4) is 0 Å². The maximum Gasteiger partial charge on any atom is 0.327 e. The van der Waals surface area contributed by atoms with Gasteiger partial charge in [0.15, 0.2) is 0 Å². The number of aryl methyl sites for hydroxylation is 1. The number of esters is 1. The Morgan fingerprint density at radius 3 is 2.30 bits per heavy atom. The molecule has 1 aliphatic rings. The largest absolute Gasteiger partial charge is 0.468 e. The third-order valence-corrected chi connectivity index (χ3v) is 7.46. The lowest BCUT2D eigenvalue weighted by Gasteiger charge is -2.38. The molecule has 0 aromatic heterocycles. The Bertz CT molecular complexity index is 1110. The van der Waals surface area contributed by atoms with Gasteiger partial charge in [-0.05, 0) is 42.3 Å². The highest BCUT2D eigenvalue weighted by atomic mass is 35.5. The van der Waals surface area contributed by atoms with Crippen molar-refractivity contribution in [1.29, 1.82) is 0 Å². The normalized spacial score (nSPS) is 15.8. The lowest BCUT2D eigenvalue weighted by Crippen LogP contribution is -2.51. The second-order valence-corrected chi connectivity index (χ2v) is 9.99. The van der Waals surface area contributed by atoms with E-state index in [0.29, 0.717) is 42.3 Å². The SMILES string of the molecule is CCNS(=O)(=O)c1ccc(C)c(C(=O)N2CCN(C(C(=O)OC)c3ccc(Cl)cc3)CC2)c1. The van der Waals surface area contributed by atoms with E-state index in [1.165, 1.54) is 19.2 Å². The molecule has 8 nitrogen and oxygen atoms in total. The molecule has 2 aromatic carbocycles. The minimum atomic E-state index is -3.67. The number of rotatable bonds is 7. The molecule has 0 radical (unpaired) electrons. The van der Waals surface area contributed by atoms with Crippen LogP contribution in [-0.2, 0) is 19.6 Å². The molecule has 1 saturated heterocycles. The van der Waals surface area contributed by atoms with E-state index < -0.39 is 16.1 Å². The number of benzene rings is 2. The number of hydrogen-bond donors (Lipinski definition) is 1. The van der Waals surface area contributed by atoms with Crippen LogP contribution in [0.1, 0.15) is 34.5 Å². The van der Waals surface area contributed by atoms with Gasteiger partial charge in [0.2, 0.25) is 10.0 Å². The van der Waals surface area contributed by atoms with E-state index >= 15 is 0 Å². The molecule has 0 bridgehead atoms. The second kappa shape index (κ2) is 10.6. The van der Waals surface area contributed by atoms with Gasteiger partial charge in [-0.2, -0.15) is 0 Å². The number of hydrogen-bond acceptors (Lipinski definition) is 6. The molecule has 0 saturated carbocycles. The van der Waals surface area contributed by atoms with E-state index in [9.17, 15) is 18.0 Å². The van der Waals surface area contributed by atoms with Crippen molar-refractivity contribution in [3.63, 3.8) is 0 Å². The van der Waals surface area contributed by atoms with Gasteiger partial charge in [0.25, 0.3) is 5.91 Å². The van der Waals surface area contributed by atoms with Crippen LogP contribution in [0.2, 0.25) is 5.02 Å². The van der Waals surface area contributed by atoms with Crippen molar-refractivity contribution in [2.45, 2.75) is 24.8 Å². The zero-order chi connectivity index (χ0) is 24.2. The number of ether oxygens (including phenoxy) is 1. The molecule has 1 amide bonds. The molecule has 1 atom stereocenters. The fraction of sp³-hybridized carbons (Fsp3) is 0.391. The number of nitrogens with zero attached hydrogens (tertiary/aromatic N) is 2. The number of piperazine rings is 1. The molecule has 178 valence electrons. The molecule has 10 heteroatoms. The minimum absolute atomic E-state index is 0.0606. The standard InChI is InChI=1S/C23H28ClN3O5S/c1-4-25-33(30,31)19-10-5-16(2)20(15-19)22(28)27-13-11-26(12-14-27)21(23(29)32-3)17-6-8-18(24)9-7-17/h5-10,15,21,25H,4,11-14H2,1-3H3. The van der Waals surface area contributed by atoms with Gasteiger partial charge in [0.1, 0.15) is 6.04 Å². The summed E-state index contributed by atoms with van der Waals surface area (Å²) in [5.74, 6) is -0.615. The zero-order valence-corrected chi connectivity index (χ0v) is 20.4. The number of halogens is 1. The zero-order valence-electron chi connectivity index (χ0n) is 18.9. The van der Waals surface area contributed by atoms with Crippen molar-refractivity contribution in [3.8, 4) is 0 Å². The van der Waals surface area contributed by atoms with Crippen LogP contribution in [-0.4, -0.2) is 69.9 Å². The molecule has 1 unspecified atom stereocenters. The summed E-state index contributed by atoms with van der Waals surface area (Å²) in [6, 6.07) is 11.0. The van der Waals surface area contributed by atoms with Crippen molar-refractivity contribution >= 4 is 33.5 Å².